The smallest absolute Gasteiger partial charge is 0.416 e. The number of carbonyl (C=O) groups excluding carboxylic acids is 1. The Balaban J connectivity index is 1.27. The van der Waals surface area contributed by atoms with Crippen molar-refractivity contribution < 1.29 is 31.1 Å². The van der Waals surface area contributed by atoms with E-state index in [1.807, 2.05) is 42.5 Å². The number of hydrogen-bond donors (Lipinski definition) is 1. The molecule has 1 amide bonds. The summed E-state index contributed by atoms with van der Waals surface area (Å²) in [6.45, 7) is -0.528. The summed E-state index contributed by atoms with van der Waals surface area (Å²) < 4.78 is 73.8. The number of rotatable bonds is 10. The predicted molar refractivity (Wildman–Crippen MR) is 168 cm³/mol. The summed E-state index contributed by atoms with van der Waals surface area (Å²) in [5.41, 5.74) is 2.23. The highest BCUT2D eigenvalue weighted by Crippen LogP contribution is 2.37. The van der Waals surface area contributed by atoms with Gasteiger partial charge in [-0.2, -0.15) is 18.3 Å². The van der Waals surface area contributed by atoms with Crippen LogP contribution in [0.5, 0.6) is 5.75 Å². The van der Waals surface area contributed by atoms with Crippen molar-refractivity contribution in [3.8, 4) is 5.75 Å². The summed E-state index contributed by atoms with van der Waals surface area (Å²) in [7, 11) is -4.50. The van der Waals surface area contributed by atoms with E-state index in [0.717, 1.165) is 28.5 Å². The third-order valence-corrected chi connectivity index (χ3v) is 8.81. The fourth-order valence-corrected chi connectivity index (χ4v) is 6.20. The normalized spacial score (nSPS) is 11.9. The molecule has 0 radical (unpaired) electrons. The van der Waals surface area contributed by atoms with E-state index in [9.17, 15) is 26.4 Å². The molecule has 0 aliphatic carbocycles. The first-order valence-corrected chi connectivity index (χ1v) is 15.3. The van der Waals surface area contributed by atoms with Crippen LogP contribution in [0.15, 0.2) is 125 Å². The Labute approximate surface area is 262 Å². The highest BCUT2D eigenvalue weighted by Gasteiger charge is 2.34. The van der Waals surface area contributed by atoms with Crippen LogP contribution in [0.25, 0.3) is 10.8 Å². The number of hydrogen-bond acceptors (Lipinski definition) is 5. The van der Waals surface area contributed by atoms with Crippen molar-refractivity contribution in [3.63, 3.8) is 0 Å². The third-order valence-electron chi connectivity index (χ3n) is 6.72. The number of anilines is 1. The SMILES string of the molecule is O=C(CN(c1cc(C(F)(F)F)ccc1Cl)S(=O)(=O)c1ccccc1)N/N=C/c1ccc(OCc2cccc3ccccc23)cc1. The van der Waals surface area contributed by atoms with Crippen LogP contribution < -0.4 is 14.5 Å². The van der Waals surface area contributed by atoms with Gasteiger partial charge in [0.15, 0.2) is 0 Å². The predicted octanol–water partition coefficient (Wildman–Crippen LogP) is 7.44. The van der Waals surface area contributed by atoms with Gasteiger partial charge in [0.05, 0.1) is 27.4 Å². The van der Waals surface area contributed by atoms with Crippen LogP contribution >= 0.6 is 11.6 Å². The summed E-state index contributed by atoms with van der Waals surface area (Å²) in [5.74, 6) is -0.293. The zero-order valence-corrected chi connectivity index (χ0v) is 25.0. The first-order chi connectivity index (χ1) is 21.5. The maximum absolute atomic E-state index is 13.5. The lowest BCUT2D eigenvalue weighted by Crippen LogP contribution is -2.40. The number of nitrogens with one attached hydrogen (secondary N) is 1. The zero-order valence-electron chi connectivity index (χ0n) is 23.4. The van der Waals surface area contributed by atoms with Gasteiger partial charge in [-0.3, -0.25) is 9.10 Å². The van der Waals surface area contributed by atoms with Crippen LogP contribution in [0, 0.1) is 0 Å². The fraction of sp³-hybridized carbons (Fsp3) is 0.0909. The average Bonchev–Trinajstić information content (AvgIpc) is 3.03. The van der Waals surface area contributed by atoms with E-state index >= 15 is 0 Å². The molecule has 0 aliphatic heterocycles. The number of hydrazone groups is 1. The lowest BCUT2D eigenvalue weighted by atomic mass is 10.1. The van der Waals surface area contributed by atoms with Gasteiger partial charge in [0.1, 0.15) is 18.9 Å². The average molecular weight is 652 g/mol. The number of carbonyl (C=O) groups is 1. The van der Waals surface area contributed by atoms with Gasteiger partial charge in [0.2, 0.25) is 0 Å². The Bertz CT molecular complexity index is 1950. The fourth-order valence-electron chi connectivity index (χ4n) is 4.47. The van der Waals surface area contributed by atoms with Crippen LogP contribution in [-0.2, 0) is 27.6 Å². The molecule has 45 heavy (non-hydrogen) atoms. The molecule has 12 heteroatoms. The first-order valence-electron chi connectivity index (χ1n) is 13.5. The maximum Gasteiger partial charge on any atom is 0.416 e. The van der Waals surface area contributed by atoms with Gasteiger partial charge >= 0.3 is 6.18 Å². The van der Waals surface area contributed by atoms with Gasteiger partial charge in [-0.15, -0.1) is 0 Å². The van der Waals surface area contributed by atoms with E-state index < -0.39 is 39.9 Å². The van der Waals surface area contributed by atoms with E-state index in [0.29, 0.717) is 28.3 Å². The Morgan fingerprint density at radius 2 is 1.58 bits per heavy atom. The van der Waals surface area contributed by atoms with Gasteiger partial charge < -0.3 is 4.74 Å². The highest BCUT2D eigenvalue weighted by atomic mass is 35.5. The van der Waals surface area contributed by atoms with Crippen LogP contribution in [0.4, 0.5) is 18.9 Å². The topological polar surface area (TPSA) is 88.1 Å². The molecule has 0 aromatic heterocycles. The van der Waals surface area contributed by atoms with Crippen molar-refractivity contribution in [2.45, 2.75) is 17.7 Å². The Morgan fingerprint density at radius 1 is 0.889 bits per heavy atom. The number of sulfonamides is 1. The number of fused-ring (bicyclic) bond motifs is 1. The van der Waals surface area contributed by atoms with Crippen LogP contribution in [0.1, 0.15) is 16.7 Å². The Hall–Kier alpha value is -4.87. The molecule has 0 bridgehead atoms. The number of ether oxygens (including phenoxy) is 1. The van der Waals surface area contributed by atoms with Crippen molar-refractivity contribution in [3.05, 3.63) is 137 Å². The molecule has 230 valence electrons. The van der Waals surface area contributed by atoms with Crippen LogP contribution in [-0.4, -0.2) is 27.1 Å². The van der Waals surface area contributed by atoms with Crippen molar-refractivity contribution in [1.29, 1.82) is 0 Å². The first kappa shape index (κ1) is 31.6. The summed E-state index contributed by atoms with van der Waals surface area (Å²) in [5, 5.41) is 5.81. The molecular formula is C33H25ClF3N3O4S. The second kappa shape index (κ2) is 13.4. The Kier molecular flexibility index (Phi) is 9.40. The monoisotopic (exact) mass is 651 g/mol. The maximum atomic E-state index is 13.5. The summed E-state index contributed by atoms with van der Waals surface area (Å²) in [6.07, 6.45) is -3.44. The third kappa shape index (κ3) is 7.62. The molecule has 5 rings (SSSR count). The zero-order chi connectivity index (χ0) is 32.0. The summed E-state index contributed by atoms with van der Waals surface area (Å²) >= 11 is 6.15. The number of amides is 1. The molecule has 0 heterocycles. The molecule has 0 aliphatic rings. The lowest BCUT2D eigenvalue weighted by Gasteiger charge is -2.25. The lowest BCUT2D eigenvalue weighted by molar-refractivity contribution is -0.137. The van der Waals surface area contributed by atoms with Crippen molar-refractivity contribution in [2.75, 3.05) is 10.8 Å². The van der Waals surface area contributed by atoms with Gasteiger partial charge in [0.25, 0.3) is 15.9 Å². The van der Waals surface area contributed by atoms with Gasteiger partial charge in [-0.05, 0) is 76.5 Å². The van der Waals surface area contributed by atoms with Gasteiger partial charge in [-0.1, -0.05) is 72.3 Å². The minimum atomic E-state index is -4.77. The molecule has 0 saturated heterocycles. The molecule has 0 spiro atoms. The highest BCUT2D eigenvalue weighted by molar-refractivity contribution is 7.92. The minimum absolute atomic E-state index is 0.238. The van der Waals surface area contributed by atoms with Crippen LogP contribution in [0.3, 0.4) is 0 Å². The van der Waals surface area contributed by atoms with Crippen molar-refractivity contribution in [2.24, 2.45) is 5.10 Å². The molecule has 0 unspecified atom stereocenters. The molecule has 0 fully saturated rings. The molecule has 7 nitrogen and oxygen atoms in total. The van der Waals surface area contributed by atoms with E-state index in [4.69, 9.17) is 16.3 Å². The number of halogens is 4. The molecule has 5 aromatic rings. The van der Waals surface area contributed by atoms with E-state index in [1.54, 1.807) is 30.3 Å². The van der Waals surface area contributed by atoms with Gasteiger partial charge in [0, 0.05) is 0 Å². The largest absolute Gasteiger partial charge is 0.489 e. The van der Waals surface area contributed by atoms with Crippen molar-refractivity contribution in [1.82, 2.24) is 5.43 Å². The quantitative estimate of drug-likeness (QED) is 0.126. The molecular weight excluding hydrogens is 627 g/mol. The summed E-state index contributed by atoms with van der Waals surface area (Å²) in [6, 6.07) is 30.1. The van der Waals surface area contributed by atoms with E-state index in [-0.39, 0.29) is 9.92 Å². The van der Waals surface area contributed by atoms with E-state index in [1.165, 1.54) is 30.5 Å². The number of alkyl halides is 3. The summed E-state index contributed by atoms with van der Waals surface area (Å²) in [4.78, 5) is 12.6. The van der Waals surface area contributed by atoms with Crippen LogP contribution in [0.2, 0.25) is 5.02 Å². The number of nitrogens with zero attached hydrogens (tertiary/aromatic N) is 2. The minimum Gasteiger partial charge on any atom is -0.489 e. The molecule has 0 atom stereocenters. The van der Waals surface area contributed by atoms with Gasteiger partial charge in [-0.25, -0.2) is 13.8 Å². The molecule has 0 saturated carbocycles. The second-order valence-electron chi connectivity index (χ2n) is 9.78. The molecule has 5 aromatic carbocycles. The Morgan fingerprint density at radius 3 is 2.31 bits per heavy atom. The number of benzene rings is 5. The van der Waals surface area contributed by atoms with E-state index in [2.05, 4.69) is 10.5 Å². The van der Waals surface area contributed by atoms with Crippen molar-refractivity contribution >= 4 is 50.2 Å². The standard InChI is InChI=1S/C33H25ClF3N3O4S/c34-30-18-15-26(33(35,36)37)19-31(30)40(45(42,43)28-10-2-1-3-11-28)21-32(41)39-38-20-23-13-16-27(17-14-23)44-22-25-9-6-8-24-7-4-5-12-29(24)25/h1-20H,21-22H2,(H,39,41)/b38-20+. The molecule has 1 N–H and O–H groups in total. The second-order valence-corrected chi connectivity index (χ2v) is 12.0.